The molecule has 6 heteroatoms. The third-order valence-electron chi connectivity index (χ3n) is 5.50. The van der Waals surface area contributed by atoms with Gasteiger partial charge in [-0.05, 0) is 64.4 Å². The predicted molar refractivity (Wildman–Crippen MR) is 124 cm³/mol. The van der Waals surface area contributed by atoms with Crippen molar-refractivity contribution in [2.24, 2.45) is 0 Å². The van der Waals surface area contributed by atoms with Gasteiger partial charge >= 0.3 is 11.4 Å². The van der Waals surface area contributed by atoms with Gasteiger partial charge in [0.1, 0.15) is 12.4 Å². The molecule has 4 aromatic rings. The molecule has 0 unspecified atom stereocenters. The fraction of sp³-hybridized carbons (Fsp3) is 0.231. The number of aromatic amines is 1. The molecule has 164 valence electrons. The van der Waals surface area contributed by atoms with Crippen LogP contribution in [-0.4, -0.2) is 9.72 Å². The lowest BCUT2D eigenvalue weighted by molar-refractivity contribution is 0.258. The quantitative estimate of drug-likeness (QED) is 0.445. The number of nitrogens with zero attached hydrogens (tertiary/aromatic N) is 1. The van der Waals surface area contributed by atoms with E-state index < -0.39 is 11.4 Å². The molecule has 0 radical (unpaired) electrons. The number of hydrogen-bond acceptors (Lipinski definition) is 4. The highest BCUT2D eigenvalue weighted by atomic mass is 16.5. The van der Waals surface area contributed by atoms with Gasteiger partial charge in [0, 0.05) is 0 Å². The molecule has 1 heterocycles. The first-order chi connectivity index (χ1) is 15.6. The minimum Gasteiger partial charge on any atom is -0.489 e. The van der Waals surface area contributed by atoms with Crippen LogP contribution in [0.25, 0.3) is 11.1 Å². The molecule has 0 fully saturated rings. The van der Waals surface area contributed by atoms with Crippen molar-refractivity contribution in [1.82, 2.24) is 9.72 Å². The molecule has 3 aromatic carbocycles. The maximum Gasteiger partial charge on any atom is 0.440 e. The van der Waals surface area contributed by atoms with E-state index in [1.807, 2.05) is 24.3 Å². The van der Waals surface area contributed by atoms with Crippen LogP contribution >= 0.6 is 0 Å². The number of nitrogens with one attached hydrogen (secondary N) is 1. The molecular formula is C26H26N2O4. The lowest BCUT2D eigenvalue weighted by atomic mass is 9.91. The van der Waals surface area contributed by atoms with Gasteiger partial charge in [-0.1, -0.05) is 62.4 Å². The summed E-state index contributed by atoms with van der Waals surface area (Å²) in [5, 5.41) is 0. The van der Waals surface area contributed by atoms with Crippen molar-refractivity contribution in [2.75, 3.05) is 0 Å². The molecular weight excluding hydrogens is 404 g/mol. The minimum absolute atomic E-state index is 0.177. The van der Waals surface area contributed by atoms with E-state index in [0.29, 0.717) is 6.61 Å². The third-order valence-corrected chi connectivity index (χ3v) is 5.50. The van der Waals surface area contributed by atoms with Gasteiger partial charge in [-0.3, -0.25) is 0 Å². The monoisotopic (exact) mass is 430 g/mol. The Morgan fingerprint density at radius 3 is 2.19 bits per heavy atom. The summed E-state index contributed by atoms with van der Waals surface area (Å²) in [4.78, 5) is 24.7. The van der Waals surface area contributed by atoms with Crippen molar-refractivity contribution in [3.63, 3.8) is 0 Å². The molecule has 1 N–H and O–H groups in total. The third kappa shape index (κ3) is 4.75. The number of hydrogen-bond donors (Lipinski definition) is 1. The largest absolute Gasteiger partial charge is 0.489 e. The summed E-state index contributed by atoms with van der Waals surface area (Å²) in [7, 11) is 0. The summed E-state index contributed by atoms with van der Waals surface area (Å²) in [6.45, 7) is 5.01. The van der Waals surface area contributed by atoms with Crippen LogP contribution < -0.4 is 16.2 Å². The molecule has 0 saturated carbocycles. The normalized spacial score (nSPS) is 10.9. The zero-order valence-electron chi connectivity index (χ0n) is 18.3. The molecule has 0 aliphatic carbocycles. The Bertz CT molecular complexity index is 1290. The highest BCUT2D eigenvalue weighted by Gasteiger charge is 2.10. The van der Waals surface area contributed by atoms with Crippen molar-refractivity contribution < 1.29 is 9.26 Å². The summed E-state index contributed by atoms with van der Waals surface area (Å²) in [6, 6.07) is 22.4. The van der Waals surface area contributed by atoms with Crippen LogP contribution in [0.15, 0.2) is 80.8 Å². The number of H-pyrrole nitrogens is 1. The average Bonchev–Trinajstić information content (AvgIpc) is 3.14. The van der Waals surface area contributed by atoms with Crippen molar-refractivity contribution in [3.8, 4) is 16.9 Å². The maximum absolute atomic E-state index is 11.6. The minimum atomic E-state index is -0.759. The number of aryl methyl sites for hydroxylation is 2. The smallest absolute Gasteiger partial charge is 0.440 e. The van der Waals surface area contributed by atoms with Crippen LogP contribution in [0, 0.1) is 0 Å². The van der Waals surface area contributed by atoms with E-state index in [4.69, 9.17) is 9.26 Å². The molecule has 4 rings (SSSR count). The van der Waals surface area contributed by atoms with E-state index in [9.17, 15) is 9.59 Å². The van der Waals surface area contributed by atoms with Gasteiger partial charge in [-0.25, -0.2) is 14.6 Å². The zero-order valence-corrected chi connectivity index (χ0v) is 18.3. The number of aromatic nitrogens is 2. The van der Waals surface area contributed by atoms with Crippen LogP contribution in [0.4, 0.5) is 0 Å². The molecule has 1 aromatic heterocycles. The van der Waals surface area contributed by atoms with E-state index in [-0.39, 0.29) is 6.54 Å². The molecule has 6 nitrogen and oxygen atoms in total. The number of rotatable bonds is 8. The fourth-order valence-electron chi connectivity index (χ4n) is 3.87. The van der Waals surface area contributed by atoms with Gasteiger partial charge in [0.15, 0.2) is 0 Å². The first-order valence-corrected chi connectivity index (χ1v) is 10.8. The Labute approximate surface area is 186 Å². The Balaban J connectivity index is 1.47. The van der Waals surface area contributed by atoms with Gasteiger partial charge < -0.3 is 9.26 Å². The molecule has 0 atom stereocenters. The van der Waals surface area contributed by atoms with Gasteiger partial charge in [-0.2, -0.15) is 0 Å². The molecule has 32 heavy (non-hydrogen) atoms. The van der Waals surface area contributed by atoms with Crippen molar-refractivity contribution >= 4 is 0 Å². The lowest BCUT2D eigenvalue weighted by Crippen LogP contribution is -2.17. The van der Waals surface area contributed by atoms with E-state index in [2.05, 4.69) is 61.3 Å². The van der Waals surface area contributed by atoms with Gasteiger partial charge in [0.05, 0.1) is 6.54 Å². The number of ether oxygens (including phenoxy) is 1. The standard InChI is InChI=1S/C26H26N2O4/c1-3-20-8-6-9-21(4-2)24(20)22-10-5-7-19(15-22)17-31-23-13-11-18(12-14-23)16-28-25(29)27-26(30)32-28/h5-15H,3-4,16-17H2,1-2H3,(H,27,29,30). The lowest BCUT2D eigenvalue weighted by Gasteiger charge is -2.15. The first kappa shape index (κ1) is 21.4. The van der Waals surface area contributed by atoms with Crippen molar-refractivity contribution in [3.05, 3.63) is 110 Å². The maximum atomic E-state index is 11.6. The SMILES string of the molecule is CCc1cccc(CC)c1-c1cccc(COc2ccc(Cn3oc(=O)[nH]c3=O)cc2)c1. The fourth-order valence-corrected chi connectivity index (χ4v) is 3.87. The second-order valence-corrected chi connectivity index (χ2v) is 7.64. The van der Waals surface area contributed by atoms with Crippen LogP contribution in [0.5, 0.6) is 5.75 Å². The molecule has 0 saturated heterocycles. The average molecular weight is 431 g/mol. The van der Waals surface area contributed by atoms with E-state index in [1.54, 1.807) is 0 Å². The summed E-state index contributed by atoms with van der Waals surface area (Å²) in [6.07, 6.45) is 1.99. The van der Waals surface area contributed by atoms with Crippen LogP contribution in [0.2, 0.25) is 0 Å². The van der Waals surface area contributed by atoms with Crippen LogP contribution in [-0.2, 0) is 26.0 Å². The van der Waals surface area contributed by atoms with E-state index >= 15 is 0 Å². The molecule has 0 amide bonds. The molecule has 0 bridgehead atoms. The van der Waals surface area contributed by atoms with Gasteiger partial charge in [-0.15, -0.1) is 4.74 Å². The summed E-state index contributed by atoms with van der Waals surface area (Å²) in [5.74, 6) is -0.0324. The molecule has 0 aliphatic rings. The van der Waals surface area contributed by atoms with Gasteiger partial charge in [0.25, 0.3) is 0 Å². The van der Waals surface area contributed by atoms with Gasteiger partial charge in [0.2, 0.25) is 0 Å². The summed E-state index contributed by atoms with van der Waals surface area (Å²) in [5.41, 5.74) is 6.62. The van der Waals surface area contributed by atoms with Crippen LogP contribution in [0.3, 0.4) is 0 Å². The summed E-state index contributed by atoms with van der Waals surface area (Å²) >= 11 is 0. The van der Waals surface area contributed by atoms with Crippen molar-refractivity contribution in [1.29, 1.82) is 0 Å². The first-order valence-electron chi connectivity index (χ1n) is 10.8. The van der Waals surface area contributed by atoms with Crippen LogP contribution in [0.1, 0.15) is 36.1 Å². The Morgan fingerprint density at radius 2 is 1.56 bits per heavy atom. The van der Waals surface area contributed by atoms with E-state index in [1.165, 1.54) is 22.3 Å². The van der Waals surface area contributed by atoms with E-state index in [0.717, 1.165) is 34.5 Å². The predicted octanol–water partition coefficient (Wildman–Crippen LogP) is 4.55. The Morgan fingerprint density at radius 1 is 0.875 bits per heavy atom. The highest BCUT2D eigenvalue weighted by Crippen LogP contribution is 2.30. The second-order valence-electron chi connectivity index (χ2n) is 7.64. The number of benzene rings is 3. The zero-order chi connectivity index (χ0) is 22.5. The topological polar surface area (TPSA) is 77.2 Å². The molecule has 0 spiro atoms. The second kappa shape index (κ2) is 9.56. The highest BCUT2D eigenvalue weighted by molar-refractivity contribution is 5.71. The molecule has 0 aliphatic heterocycles. The van der Waals surface area contributed by atoms with Crippen molar-refractivity contribution in [2.45, 2.75) is 39.8 Å². The summed E-state index contributed by atoms with van der Waals surface area (Å²) < 4.78 is 11.8. The Kier molecular flexibility index (Phi) is 6.40. The Hall–Kier alpha value is -3.80.